The maximum absolute atomic E-state index is 14.2. The van der Waals surface area contributed by atoms with E-state index in [0.29, 0.717) is 29.1 Å². The van der Waals surface area contributed by atoms with E-state index in [1.807, 2.05) is 62.5 Å². The minimum Gasteiger partial charge on any atom is -0.406 e. The Morgan fingerprint density at radius 1 is 1.21 bits per heavy atom. The molecule has 0 fully saturated rings. The van der Waals surface area contributed by atoms with Gasteiger partial charge in [0.15, 0.2) is 6.10 Å². The first kappa shape index (κ1) is 30.5. The highest BCUT2D eigenvalue weighted by molar-refractivity contribution is 6.36. The highest BCUT2D eigenvalue weighted by Crippen LogP contribution is 2.34. The monoisotopic (exact) mass is 571 g/mol. The number of hydrogen-bond donors (Lipinski definition) is 1. The van der Waals surface area contributed by atoms with Crippen molar-refractivity contribution < 1.29 is 14.0 Å². The molecule has 1 heterocycles. The first-order valence-corrected chi connectivity index (χ1v) is 13.7. The quantitative estimate of drug-likeness (QED) is 0.181. The van der Waals surface area contributed by atoms with Gasteiger partial charge in [-0.3, -0.25) is 4.79 Å². The van der Waals surface area contributed by atoms with E-state index in [2.05, 4.69) is 18.8 Å². The lowest BCUT2D eigenvalue weighted by molar-refractivity contribution is 0.0470. The summed E-state index contributed by atoms with van der Waals surface area (Å²) in [6.07, 6.45) is 4.74. The summed E-state index contributed by atoms with van der Waals surface area (Å²) >= 11 is 12.6. The van der Waals surface area contributed by atoms with Gasteiger partial charge in [0.1, 0.15) is 5.82 Å². The topological polar surface area (TPSA) is 46.5 Å². The first-order chi connectivity index (χ1) is 18.5. The number of aromatic nitrogens is 1. The summed E-state index contributed by atoms with van der Waals surface area (Å²) in [6, 6.07) is 12.2. The molecular formula is C31H36Cl2FN3O2. The van der Waals surface area contributed by atoms with Gasteiger partial charge in [0.05, 0.1) is 10.7 Å². The maximum Gasteiger partial charge on any atom is 0.251 e. The van der Waals surface area contributed by atoms with Crippen LogP contribution in [0.1, 0.15) is 66.0 Å². The van der Waals surface area contributed by atoms with Gasteiger partial charge in [0, 0.05) is 35.4 Å². The minimum absolute atomic E-state index is 0.0595. The van der Waals surface area contributed by atoms with Crippen molar-refractivity contribution in [2.45, 2.75) is 39.7 Å². The van der Waals surface area contributed by atoms with Crippen LogP contribution in [0.3, 0.4) is 0 Å². The normalized spacial score (nSPS) is 12.5. The second-order valence-electron chi connectivity index (χ2n) is 9.80. The van der Waals surface area contributed by atoms with E-state index < -0.39 is 11.9 Å². The Bertz CT molecular complexity index is 1360. The van der Waals surface area contributed by atoms with E-state index in [-0.39, 0.29) is 10.9 Å². The van der Waals surface area contributed by atoms with Gasteiger partial charge in [0.2, 0.25) is 0 Å². The Balaban J connectivity index is 1.95. The Morgan fingerprint density at radius 3 is 2.62 bits per heavy atom. The predicted molar refractivity (Wildman–Crippen MR) is 160 cm³/mol. The average molecular weight is 573 g/mol. The molecule has 5 nitrogen and oxygen atoms in total. The summed E-state index contributed by atoms with van der Waals surface area (Å²) in [7, 11) is 3.93. The van der Waals surface area contributed by atoms with Crippen LogP contribution in [0, 0.1) is 5.82 Å². The molecule has 1 N–H and O–H groups in total. The molecule has 0 radical (unpaired) electrons. The first-order valence-electron chi connectivity index (χ1n) is 12.9. The largest absolute Gasteiger partial charge is 0.406 e. The number of hydrogen-bond acceptors (Lipinski definition) is 3. The third-order valence-electron chi connectivity index (χ3n) is 6.45. The summed E-state index contributed by atoms with van der Waals surface area (Å²) in [5.41, 5.74) is 5.76. The van der Waals surface area contributed by atoms with Gasteiger partial charge in [-0.25, -0.2) is 4.39 Å². The lowest BCUT2D eigenvalue weighted by Gasteiger charge is -2.20. The SMILES string of the molecule is C=C(CC)Cc1ccn(OC(C)c2c(Cl)ccc(F)c2Cl)c1C=C(C)c1cccc(C(=O)NCCN(C)C)c1. The van der Waals surface area contributed by atoms with E-state index in [0.717, 1.165) is 40.9 Å². The zero-order valence-electron chi connectivity index (χ0n) is 23.2. The fraction of sp³-hybridized carbons (Fsp3) is 0.323. The predicted octanol–water partition coefficient (Wildman–Crippen LogP) is 7.48. The fourth-order valence-electron chi connectivity index (χ4n) is 4.08. The third kappa shape index (κ3) is 7.98. The number of nitrogens with one attached hydrogen (secondary N) is 1. The van der Waals surface area contributed by atoms with Gasteiger partial charge in [-0.2, -0.15) is 4.73 Å². The van der Waals surface area contributed by atoms with E-state index in [4.69, 9.17) is 28.0 Å². The fourth-order valence-corrected chi connectivity index (χ4v) is 4.76. The Hall–Kier alpha value is -3.06. The summed E-state index contributed by atoms with van der Waals surface area (Å²) < 4.78 is 15.8. The number of benzene rings is 2. The van der Waals surface area contributed by atoms with Crippen LogP contribution in [0.25, 0.3) is 11.6 Å². The molecule has 0 aliphatic heterocycles. The number of carbonyl (C=O) groups excluding carboxylic acids is 1. The third-order valence-corrected chi connectivity index (χ3v) is 7.17. The second-order valence-corrected chi connectivity index (χ2v) is 10.6. The maximum atomic E-state index is 14.2. The molecular weight excluding hydrogens is 536 g/mol. The van der Waals surface area contributed by atoms with Gasteiger partial charge in [0.25, 0.3) is 5.91 Å². The molecule has 0 spiro atoms. The molecule has 0 bridgehead atoms. The highest BCUT2D eigenvalue weighted by Gasteiger charge is 2.21. The van der Waals surface area contributed by atoms with Crippen molar-refractivity contribution in [2.24, 2.45) is 0 Å². The average Bonchev–Trinajstić information content (AvgIpc) is 3.26. The van der Waals surface area contributed by atoms with Crippen molar-refractivity contribution in [3.05, 3.63) is 105 Å². The van der Waals surface area contributed by atoms with Gasteiger partial charge < -0.3 is 15.1 Å². The lowest BCUT2D eigenvalue weighted by Crippen LogP contribution is -2.31. The molecule has 1 aromatic heterocycles. The summed E-state index contributed by atoms with van der Waals surface area (Å²) in [5.74, 6) is -0.670. The van der Waals surface area contributed by atoms with Crippen LogP contribution >= 0.6 is 23.2 Å². The van der Waals surface area contributed by atoms with Crippen LogP contribution in [0.5, 0.6) is 0 Å². The molecule has 0 saturated heterocycles. The molecule has 3 aromatic rings. The molecule has 1 amide bonds. The molecule has 1 unspecified atom stereocenters. The minimum atomic E-state index is -0.628. The van der Waals surface area contributed by atoms with Crippen molar-refractivity contribution in [3.8, 4) is 0 Å². The standard InChI is InChI=1S/C31H36Cl2FN3O2/c1-7-20(2)17-24-13-15-37(39-22(4)29-26(32)11-12-27(34)30(29)33)28(24)18-21(3)23-9-8-10-25(19-23)31(38)35-14-16-36(5)6/h8-13,15,18-19,22H,2,7,14,16-17H2,1,3-6H3,(H,35,38). The summed E-state index contributed by atoms with van der Waals surface area (Å²) in [4.78, 5) is 20.9. The summed E-state index contributed by atoms with van der Waals surface area (Å²) in [6.45, 7) is 11.3. The van der Waals surface area contributed by atoms with Crippen molar-refractivity contribution in [3.63, 3.8) is 0 Å². The zero-order valence-corrected chi connectivity index (χ0v) is 24.7. The number of likely N-dealkylation sites (N-methyl/N-ethyl adjacent to an activating group) is 1. The lowest BCUT2D eigenvalue weighted by atomic mass is 10.0. The molecule has 1 atom stereocenters. The van der Waals surface area contributed by atoms with Gasteiger partial charge in [-0.15, -0.1) is 0 Å². The van der Waals surface area contributed by atoms with Crippen LogP contribution in [0.4, 0.5) is 4.39 Å². The van der Waals surface area contributed by atoms with Gasteiger partial charge >= 0.3 is 0 Å². The van der Waals surface area contributed by atoms with Crippen LogP contribution in [-0.2, 0) is 6.42 Å². The Labute approximate surface area is 240 Å². The van der Waals surface area contributed by atoms with E-state index in [9.17, 15) is 9.18 Å². The molecule has 0 aliphatic carbocycles. The van der Waals surface area contributed by atoms with Crippen LogP contribution in [0.15, 0.2) is 60.8 Å². The van der Waals surface area contributed by atoms with E-state index in [1.165, 1.54) is 12.1 Å². The van der Waals surface area contributed by atoms with Crippen LogP contribution in [-0.4, -0.2) is 42.7 Å². The second kappa shape index (κ2) is 13.8. The van der Waals surface area contributed by atoms with Gasteiger partial charge in [-0.1, -0.05) is 54.4 Å². The van der Waals surface area contributed by atoms with E-state index >= 15 is 0 Å². The molecule has 0 saturated carbocycles. The molecule has 208 valence electrons. The Morgan fingerprint density at radius 2 is 1.92 bits per heavy atom. The highest BCUT2D eigenvalue weighted by atomic mass is 35.5. The van der Waals surface area contributed by atoms with Crippen LogP contribution in [0.2, 0.25) is 10.0 Å². The molecule has 2 aromatic carbocycles. The van der Waals surface area contributed by atoms with Crippen LogP contribution < -0.4 is 10.2 Å². The number of rotatable bonds is 12. The molecule has 8 heteroatoms. The van der Waals surface area contributed by atoms with Crippen molar-refractivity contribution in [2.75, 3.05) is 27.2 Å². The summed E-state index contributed by atoms with van der Waals surface area (Å²) in [5, 5.41) is 3.23. The Kier molecular flexibility index (Phi) is 10.8. The number of allylic oxidation sites excluding steroid dienone is 2. The number of nitrogens with zero attached hydrogens (tertiary/aromatic N) is 2. The molecule has 39 heavy (non-hydrogen) atoms. The smallest absolute Gasteiger partial charge is 0.251 e. The van der Waals surface area contributed by atoms with Gasteiger partial charge in [-0.05, 0) is 93.9 Å². The van der Waals surface area contributed by atoms with Crippen molar-refractivity contribution in [1.29, 1.82) is 0 Å². The number of carbonyl (C=O) groups is 1. The zero-order chi connectivity index (χ0) is 28.7. The number of halogens is 3. The number of amides is 1. The van der Waals surface area contributed by atoms with E-state index in [1.54, 1.807) is 17.7 Å². The molecule has 0 aliphatic rings. The van der Waals surface area contributed by atoms with Crippen molar-refractivity contribution in [1.82, 2.24) is 14.9 Å². The molecule has 3 rings (SSSR count). The van der Waals surface area contributed by atoms with Crippen molar-refractivity contribution >= 4 is 40.8 Å².